The number of piperidine rings is 1. The van der Waals surface area contributed by atoms with E-state index in [1.165, 1.54) is 6.07 Å². The average Bonchev–Trinajstić information content (AvgIpc) is 3.09. The van der Waals surface area contributed by atoms with Crippen LogP contribution in [-0.2, 0) is 0 Å². The number of amides is 1. The smallest absolute Gasteiger partial charge is 0.277 e. The van der Waals surface area contributed by atoms with Gasteiger partial charge in [-0.1, -0.05) is 17.4 Å². The lowest BCUT2D eigenvalue weighted by Crippen LogP contribution is -2.51. The molecule has 1 aromatic carbocycles. The minimum Gasteiger partial charge on any atom is -0.389 e. The maximum Gasteiger partial charge on any atom is 0.277 e. The maximum absolute atomic E-state index is 14.1. The molecule has 1 aromatic heterocycles. The summed E-state index contributed by atoms with van der Waals surface area (Å²) in [6, 6.07) is 3.58. The quantitative estimate of drug-likeness (QED) is 0.688. The van der Waals surface area contributed by atoms with E-state index in [0.717, 1.165) is 49.4 Å². The van der Waals surface area contributed by atoms with E-state index in [0.29, 0.717) is 12.1 Å². The molecular weight excluding hydrogens is 410 g/mol. The SMILES string of the molecule is Nc1sc(-c2c(F)cccc2F)nc1C(=O)NC1=CN=CC[C@H]1N1CCC[C@H](N)C1. The van der Waals surface area contributed by atoms with Crippen molar-refractivity contribution in [2.24, 2.45) is 10.7 Å². The zero-order chi connectivity index (χ0) is 21.3. The molecule has 2 aliphatic rings. The van der Waals surface area contributed by atoms with Gasteiger partial charge in [0.25, 0.3) is 5.91 Å². The summed E-state index contributed by atoms with van der Waals surface area (Å²) in [4.78, 5) is 23.4. The van der Waals surface area contributed by atoms with Gasteiger partial charge in [-0.25, -0.2) is 13.8 Å². The number of carbonyl (C=O) groups is 1. The summed E-state index contributed by atoms with van der Waals surface area (Å²) >= 11 is 0.865. The number of nitrogens with two attached hydrogens (primary N) is 2. The number of likely N-dealkylation sites (tertiary alicyclic amines) is 1. The summed E-state index contributed by atoms with van der Waals surface area (Å²) in [5.41, 5.74) is 12.3. The third kappa shape index (κ3) is 4.11. The van der Waals surface area contributed by atoms with E-state index >= 15 is 0 Å². The van der Waals surface area contributed by atoms with Crippen LogP contribution in [0.4, 0.5) is 13.8 Å². The molecule has 0 bridgehead atoms. The molecule has 7 nitrogen and oxygen atoms in total. The van der Waals surface area contributed by atoms with E-state index in [1.54, 1.807) is 12.4 Å². The van der Waals surface area contributed by atoms with E-state index in [9.17, 15) is 13.6 Å². The molecule has 158 valence electrons. The molecule has 2 atom stereocenters. The van der Waals surface area contributed by atoms with E-state index in [2.05, 4.69) is 20.2 Å². The summed E-state index contributed by atoms with van der Waals surface area (Å²) in [5, 5.41) is 2.94. The van der Waals surface area contributed by atoms with Gasteiger partial charge in [0, 0.05) is 31.4 Å². The summed E-state index contributed by atoms with van der Waals surface area (Å²) in [5.74, 6) is -2.07. The van der Waals surface area contributed by atoms with Gasteiger partial charge in [-0.2, -0.15) is 0 Å². The number of hydrogen-bond acceptors (Lipinski definition) is 7. The van der Waals surface area contributed by atoms with Gasteiger partial charge < -0.3 is 16.8 Å². The minimum atomic E-state index is -0.762. The topological polar surface area (TPSA) is 110 Å². The Bertz CT molecular complexity index is 1000. The highest BCUT2D eigenvalue weighted by molar-refractivity contribution is 7.19. The fourth-order valence-electron chi connectivity index (χ4n) is 3.79. The Morgan fingerprint density at radius 3 is 2.80 bits per heavy atom. The predicted molar refractivity (Wildman–Crippen MR) is 113 cm³/mol. The Labute approximate surface area is 176 Å². The molecule has 2 aromatic rings. The summed E-state index contributed by atoms with van der Waals surface area (Å²) < 4.78 is 28.2. The Kier molecular flexibility index (Phi) is 5.89. The van der Waals surface area contributed by atoms with Gasteiger partial charge in [-0.15, -0.1) is 0 Å². The van der Waals surface area contributed by atoms with Crippen LogP contribution in [-0.4, -0.2) is 47.2 Å². The molecule has 2 aliphatic heterocycles. The predicted octanol–water partition coefficient (Wildman–Crippen LogP) is 2.51. The second-order valence-corrected chi connectivity index (χ2v) is 8.38. The minimum absolute atomic E-state index is 0.0162. The number of rotatable bonds is 4. The standard InChI is InChI=1S/C20H22F2N6OS/c21-12-4-1-5-13(22)16(12)20-27-17(18(24)30-20)19(29)26-14-9-25-7-6-15(14)28-8-2-3-11(23)10-28/h1,4-5,7,9,11,15H,2-3,6,8,10,23-24H2,(H,26,29)/t11-,15+/m0/s1. The van der Waals surface area contributed by atoms with Gasteiger partial charge in [0.1, 0.15) is 21.6 Å². The van der Waals surface area contributed by atoms with Gasteiger partial charge in [0.15, 0.2) is 5.69 Å². The fraction of sp³-hybridized carbons (Fsp3) is 0.350. The summed E-state index contributed by atoms with van der Waals surface area (Å²) in [6.45, 7) is 1.62. The van der Waals surface area contributed by atoms with Crippen LogP contribution in [0, 0.1) is 11.6 Å². The van der Waals surface area contributed by atoms with Crippen molar-refractivity contribution in [1.82, 2.24) is 15.2 Å². The first-order valence-electron chi connectivity index (χ1n) is 9.67. The number of hydrogen-bond donors (Lipinski definition) is 3. The Morgan fingerprint density at radius 1 is 1.30 bits per heavy atom. The third-order valence-electron chi connectivity index (χ3n) is 5.24. The molecule has 4 rings (SSSR count). The van der Waals surface area contributed by atoms with Crippen molar-refractivity contribution in [3.8, 4) is 10.6 Å². The van der Waals surface area contributed by atoms with Crippen molar-refractivity contribution in [2.75, 3.05) is 18.8 Å². The van der Waals surface area contributed by atoms with Crippen LogP contribution in [0.5, 0.6) is 0 Å². The number of benzene rings is 1. The Morgan fingerprint density at radius 2 is 2.07 bits per heavy atom. The number of aromatic nitrogens is 1. The number of thiazole rings is 1. The summed E-state index contributed by atoms with van der Waals surface area (Å²) in [6.07, 6.45) is 6.03. The van der Waals surface area contributed by atoms with Gasteiger partial charge in [-0.05, 0) is 31.5 Å². The number of aliphatic imine (C=N–C) groups is 1. The number of nitrogen functional groups attached to an aromatic ring is 1. The van der Waals surface area contributed by atoms with Crippen molar-refractivity contribution < 1.29 is 13.6 Å². The van der Waals surface area contributed by atoms with E-state index in [4.69, 9.17) is 11.5 Å². The van der Waals surface area contributed by atoms with Crippen molar-refractivity contribution in [2.45, 2.75) is 31.3 Å². The molecule has 0 radical (unpaired) electrons. The van der Waals surface area contributed by atoms with Crippen LogP contribution in [0.15, 0.2) is 35.1 Å². The van der Waals surface area contributed by atoms with Crippen molar-refractivity contribution in [3.05, 3.63) is 47.4 Å². The lowest BCUT2D eigenvalue weighted by molar-refractivity contribution is 0.0946. The summed E-state index contributed by atoms with van der Waals surface area (Å²) in [7, 11) is 0. The molecule has 10 heteroatoms. The maximum atomic E-state index is 14.1. The number of nitrogens with zero attached hydrogens (tertiary/aromatic N) is 3. The van der Waals surface area contributed by atoms with Crippen LogP contribution >= 0.6 is 11.3 Å². The van der Waals surface area contributed by atoms with E-state index in [1.807, 2.05) is 0 Å². The largest absolute Gasteiger partial charge is 0.389 e. The van der Waals surface area contributed by atoms with Crippen LogP contribution < -0.4 is 16.8 Å². The fourth-order valence-corrected chi connectivity index (χ4v) is 4.66. The molecule has 5 N–H and O–H groups in total. The highest BCUT2D eigenvalue weighted by Crippen LogP contribution is 2.33. The first kappa shape index (κ1) is 20.6. The van der Waals surface area contributed by atoms with Gasteiger partial charge in [0.2, 0.25) is 0 Å². The number of nitrogens with one attached hydrogen (secondary N) is 1. The van der Waals surface area contributed by atoms with E-state index in [-0.39, 0.29) is 33.3 Å². The molecule has 1 saturated heterocycles. The number of anilines is 1. The van der Waals surface area contributed by atoms with Gasteiger partial charge in [0.05, 0.1) is 17.3 Å². The normalized spacial score (nSPS) is 22.0. The molecule has 30 heavy (non-hydrogen) atoms. The molecule has 1 fully saturated rings. The first-order valence-corrected chi connectivity index (χ1v) is 10.5. The zero-order valence-electron chi connectivity index (χ0n) is 16.1. The number of carbonyl (C=O) groups excluding carboxylic acids is 1. The number of halogens is 2. The molecule has 0 unspecified atom stereocenters. The van der Waals surface area contributed by atoms with Crippen LogP contribution in [0.3, 0.4) is 0 Å². The molecule has 3 heterocycles. The van der Waals surface area contributed by atoms with Crippen molar-refractivity contribution in [1.29, 1.82) is 0 Å². The third-order valence-corrected chi connectivity index (χ3v) is 6.14. The molecular formula is C20H22F2N6OS. The highest BCUT2D eigenvalue weighted by Gasteiger charge is 2.30. The molecule has 0 spiro atoms. The van der Waals surface area contributed by atoms with Crippen molar-refractivity contribution in [3.63, 3.8) is 0 Å². The highest BCUT2D eigenvalue weighted by atomic mass is 32.1. The Hall–Kier alpha value is -2.69. The zero-order valence-corrected chi connectivity index (χ0v) is 17.0. The lowest BCUT2D eigenvalue weighted by atomic mass is 10.0. The first-order chi connectivity index (χ1) is 14.4. The van der Waals surface area contributed by atoms with Gasteiger partial charge >= 0.3 is 0 Å². The Balaban J connectivity index is 1.55. The average molecular weight is 433 g/mol. The van der Waals surface area contributed by atoms with Crippen LogP contribution in [0.1, 0.15) is 29.8 Å². The second kappa shape index (κ2) is 8.58. The van der Waals surface area contributed by atoms with E-state index < -0.39 is 17.5 Å². The second-order valence-electron chi connectivity index (χ2n) is 7.35. The van der Waals surface area contributed by atoms with Crippen LogP contribution in [0.2, 0.25) is 0 Å². The van der Waals surface area contributed by atoms with Gasteiger partial charge in [-0.3, -0.25) is 14.7 Å². The molecule has 1 amide bonds. The van der Waals surface area contributed by atoms with Crippen LogP contribution in [0.25, 0.3) is 10.6 Å². The molecule has 0 saturated carbocycles. The monoisotopic (exact) mass is 432 g/mol. The van der Waals surface area contributed by atoms with Crippen molar-refractivity contribution >= 4 is 28.5 Å². The molecule has 0 aliphatic carbocycles. The lowest BCUT2D eigenvalue weighted by Gasteiger charge is -2.38.